The van der Waals surface area contributed by atoms with Gasteiger partial charge in [0.05, 0.1) is 13.1 Å². The maximum Gasteiger partial charge on any atom is 0.410 e. The Morgan fingerprint density at radius 3 is 2.70 bits per heavy atom. The summed E-state index contributed by atoms with van der Waals surface area (Å²) in [5, 5.41) is 0. The summed E-state index contributed by atoms with van der Waals surface area (Å²) in [6, 6.07) is 5.51. The van der Waals surface area contributed by atoms with Crippen LogP contribution < -0.4 is 4.74 Å². The van der Waals surface area contributed by atoms with E-state index >= 15 is 0 Å². The third-order valence-corrected chi connectivity index (χ3v) is 4.95. The van der Waals surface area contributed by atoms with Crippen LogP contribution in [-0.2, 0) is 11.3 Å². The maximum atomic E-state index is 13.6. The number of rotatable bonds is 5. The second kappa shape index (κ2) is 6.75. The number of hydrogen-bond donors (Lipinski definition) is 0. The van der Waals surface area contributed by atoms with E-state index in [1.54, 1.807) is 23.4 Å². The minimum atomic E-state index is -3.11. The second-order valence-electron chi connectivity index (χ2n) is 6.87. The number of benzene rings is 1. The van der Waals surface area contributed by atoms with E-state index in [1.165, 1.54) is 12.1 Å². The molecule has 1 aliphatic carbocycles. The second-order valence-corrected chi connectivity index (χ2v) is 6.87. The average molecular weight is 378 g/mol. The molecule has 142 valence electrons. The number of halogens is 3. The lowest BCUT2D eigenvalue weighted by atomic mass is 9.80. The Hall–Kier alpha value is -2.77. The zero-order chi connectivity index (χ0) is 19.0. The highest BCUT2D eigenvalue weighted by atomic mass is 19.3. The number of nitrogens with zero attached hydrogens (tertiary/aromatic N) is 2. The molecule has 1 aliphatic heterocycles. The van der Waals surface area contributed by atoms with Crippen LogP contribution in [0.5, 0.6) is 5.75 Å². The Kier molecular flexibility index (Phi) is 4.41. The van der Waals surface area contributed by atoms with E-state index in [4.69, 9.17) is 4.74 Å². The number of carbonyl (C=O) groups is 1. The molecule has 1 spiro atoms. The minimum absolute atomic E-state index is 0.333. The van der Waals surface area contributed by atoms with Gasteiger partial charge in [0.1, 0.15) is 5.60 Å². The molecule has 0 N–H and O–H groups in total. The number of pyridine rings is 1. The van der Waals surface area contributed by atoms with Gasteiger partial charge in [-0.1, -0.05) is 6.07 Å². The fourth-order valence-electron chi connectivity index (χ4n) is 3.47. The molecule has 4 rings (SSSR count). The Balaban J connectivity index is 1.53. The van der Waals surface area contributed by atoms with Gasteiger partial charge in [-0.2, -0.15) is 8.78 Å². The van der Waals surface area contributed by atoms with Gasteiger partial charge in [-0.25, -0.2) is 9.18 Å². The first-order valence-electron chi connectivity index (χ1n) is 8.61. The van der Waals surface area contributed by atoms with Crippen LogP contribution in [-0.4, -0.2) is 34.7 Å². The third kappa shape index (κ3) is 3.56. The van der Waals surface area contributed by atoms with Crippen molar-refractivity contribution >= 4 is 6.09 Å². The summed E-state index contributed by atoms with van der Waals surface area (Å²) in [7, 11) is 0. The molecule has 0 unspecified atom stereocenters. The van der Waals surface area contributed by atoms with E-state index in [1.807, 2.05) is 0 Å². The fourth-order valence-corrected chi connectivity index (χ4v) is 3.47. The number of carbonyl (C=O) groups excluding carboxylic acids is 1. The normalized spacial score (nSPS) is 17.9. The molecule has 0 atom stereocenters. The lowest BCUT2D eigenvalue weighted by Crippen LogP contribution is -2.41. The summed E-state index contributed by atoms with van der Waals surface area (Å²) in [6.45, 7) is -2.22. The van der Waals surface area contributed by atoms with Gasteiger partial charge in [-0.05, 0) is 48.6 Å². The van der Waals surface area contributed by atoms with Gasteiger partial charge in [-0.15, -0.1) is 0 Å². The summed E-state index contributed by atoms with van der Waals surface area (Å²) >= 11 is 0. The van der Waals surface area contributed by atoms with Crippen molar-refractivity contribution in [1.29, 1.82) is 0 Å². The van der Waals surface area contributed by atoms with Crippen LogP contribution >= 0.6 is 0 Å². The number of aromatic nitrogens is 1. The number of hydrogen-bond acceptors (Lipinski definition) is 4. The molecule has 27 heavy (non-hydrogen) atoms. The van der Waals surface area contributed by atoms with Crippen molar-refractivity contribution in [3.05, 3.63) is 48.0 Å². The summed E-state index contributed by atoms with van der Waals surface area (Å²) in [5.41, 5.74) is 1.53. The molecule has 2 aliphatic rings. The molecule has 1 aromatic carbocycles. The first-order chi connectivity index (χ1) is 12.9. The zero-order valence-corrected chi connectivity index (χ0v) is 14.3. The Morgan fingerprint density at radius 1 is 1.22 bits per heavy atom. The summed E-state index contributed by atoms with van der Waals surface area (Å²) < 4.78 is 48.1. The van der Waals surface area contributed by atoms with Gasteiger partial charge in [0, 0.05) is 18.0 Å². The Morgan fingerprint density at radius 2 is 2.04 bits per heavy atom. The van der Waals surface area contributed by atoms with Crippen LogP contribution in [0.2, 0.25) is 0 Å². The van der Waals surface area contributed by atoms with Gasteiger partial charge >= 0.3 is 12.7 Å². The largest absolute Gasteiger partial charge is 0.441 e. The molecule has 1 amide bonds. The van der Waals surface area contributed by atoms with Gasteiger partial charge in [-0.3, -0.25) is 9.88 Å². The van der Waals surface area contributed by atoms with Crippen molar-refractivity contribution in [1.82, 2.24) is 9.88 Å². The maximum absolute atomic E-state index is 13.6. The van der Waals surface area contributed by atoms with E-state index in [-0.39, 0.29) is 11.7 Å². The van der Waals surface area contributed by atoms with E-state index in [2.05, 4.69) is 9.72 Å². The highest BCUT2D eigenvalue weighted by Gasteiger charge is 2.49. The van der Waals surface area contributed by atoms with Crippen LogP contribution in [0.4, 0.5) is 18.0 Å². The molecule has 2 fully saturated rings. The summed E-state index contributed by atoms with van der Waals surface area (Å²) in [4.78, 5) is 17.9. The molecule has 2 heterocycles. The highest BCUT2D eigenvalue weighted by Crippen LogP contribution is 2.41. The third-order valence-electron chi connectivity index (χ3n) is 4.95. The fraction of sp³-hybridized carbons (Fsp3) is 0.368. The number of alkyl halides is 2. The zero-order valence-electron chi connectivity index (χ0n) is 14.3. The van der Waals surface area contributed by atoms with E-state index in [0.717, 1.165) is 30.9 Å². The quantitative estimate of drug-likeness (QED) is 0.776. The van der Waals surface area contributed by atoms with Crippen molar-refractivity contribution < 1.29 is 27.4 Å². The predicted octanol–water partition coefficient (Wildman–Crippen LogP) is 4.36. The Bertz CT molecular complexity index is 871. The van der Waals surface area contributed by atoms with Crippen LogP contribution in [0.15, 0.2) is 36.7 Å². The number of amides is 1. The van der Waals surface area contributed by atoms with E-state index in [9.17, 15) is 18.0 Å². The minimum Gasteiger partial charge on any atom is -0.441 e. The molecule has 1 saturated heterocycles. The van der Waals surface area contributed by atoms with Crippen molar-refractivity contribution in [2.75, 3.05) is 6.54 Å². The lowest BCUT2D eigenvalue weighted by molar-refractivity contribution is -0.0521. The standard InChI is InChI=1S/C19H17F3N2O3/c20-15-3-2-13(7-16(15)26-17(21)22)14-6-12(8-23-9-14)10-24-11-19(4-1-5-19)27-18(24)25/h2-3,6-9,17H,1,4-5,10-11H2. The van der Waals surface area contributed by atoms with Gasteiger partial charge in [0.15, 0.2) is 11.6 Å². The van der Waals surface area contributed by atoms with Crippen LogP contribution in [0, 0.1) is 5.82 Å². The molecule has 5 nitrogen and oxygen atoms in total. The average Bonchev–Trinajstić information content (AvgIpc) is 2.94. The molecular formula is C19H17F3N2O3. The Labute approximate surface area is 153 Å². The van der Waals surface area contributed by atoms with Crippen molar-refractivity contribution in [3.8, 4) is 16.9 Å². The van der Waals surface area contributed by atoms with E-state index in [0.29, 0.717) is 24.2 Å². The first-order valence-corrected chi connectivity index (χ1v) is 8.61. The molecule has 1 saturated carbocycles. The smallest absolute Gasteiger partial charge is 0.410 e. The van der Waals surface area contributed by atoms with Crippen LogP contribution in [0.25, 0.3) is 11.1 Å². The van der Waals surface area contributed by atoms with Gasteiger partial charge in [0.2, 0.25) is 0 Å². The molecule has 2 aromatic rings. The molecular weight excluding hydrogens is 361 g/mol. The molecule has 0 radical (unpaired) electrons. The van der Waals surface area contributed by atoms with Crippen molar-refractivity contribution in [2.45, 2.75) is 38.0 Å². The SMILES string of the molecule is O=C1OC2(CCC2)CN1Cc1cncc(-c2ccc(F)c(OC(F)F)c2)c1. The highest BCUT2D eigenvalue weighted by molar-refractivity contribution is 5.71. The number of ether oxygens (including phenoxy) is 2. The van der Waals surface area contributed by atoms with Crippen LogP contribution in [0.1, 0.15) is 24.8 Å². The first kappa shape index (κ1) is 17.6. The topological polar surface area (TPSA) is 51.7 Å². The van der Waals surface area contributed by atoms with Gasteiger partial charge in [0.25, 0.3) is 0 Å². The lowest BCUT2D eigenvalue weighted by Gasteiger charge is -2.35. The van der Waals surface area contributed by atoms with Crippen molar-refractivity contribution in [2.24, 2.45) is 0 Å². The molecule has 0 bridgehead atoms. The molecule has 1 aromatic heterocycles. The van der Waals surface area contributed by atoms with E-state index < -0.39 is 18.2 Å². The monoisotopic (exact) mass is 378 g/mol. The summed E-state index contributed by atoms with van der Waals surface area (Å²) in [5.74, 6) is -1.39. The van der Waals surface area contributed by atoms with Gasteiger partial charge < -0.3 is 9.47 Å². The predicted molar refractivity (Wildman–Crippen MR) is 89.7 cm³/mol. The van der Waals surface area contributed by atoms with Crippen LogP contribution in [0.3, 0.4) is 0 Å². The van der Waals surface area contributed by atoms with Crippen molar-refractivity contribution in [3.63, 3.8) is 0 Å². The summed E-state index contributed by atoms with van der Waals surface area (Å²) in [6.07, 6.45) is 5.66. The molecule has 8 heteroatoms.